The predicted octanol–water partition coefficient (Wildman–Crippen LogP) is 1.95. The Bertz CT molecular complexity index is 925. The van der Waals surface area contributed by atoms with E-state index in [4.69, 9.17) is 14.2 Å². The zero-order valence-corrected chi connectivity index (χ0v) is 18.2. The summed E-state index contributed by atoms with van der Waals surface area (Å²) in [6, 6.07) is 7.01. The van der Waals surface area contributed by atoms with Crippen LogP contribution in [0, 0.1) is 0 Å². The molecule has 1 aromatic carbocycles. The van der Waals surface area contributed by atoms with Crippen LogP contribution in [0.4, 0.5) is 5.82 Å². The summed E-state index contributed by atoms with van der Waals surface area (Å²) in [5.74, 6) is 2.90. The SMILES string of the molecule is COc1ccc(OCC(=O)Nc2c3c(nn2CC(=O)NCC2CCCO2)CSC3)cc1. The first-order valence-corrected chi connectivity index (χ1v) is 11.4. The summed E-state index contributed by atoms with van der Waals surface area (Å²) < 4.78 is 17.8. The van der Waals surface area contributed by atoms with Crippen LogP contribution in [0.2, 0.25) is 0 Å². The van der Waals surface area contributed by atoms with Crippen molar-refractivity contribution in [1.29, 1.82) is 0 Å². The molecule has 2 N–H and O–H groups in total. The average molecular weight is 447 g/mol. The fourth-order valence-corrected chi connectivity index (χ4v) is 4.57. The number of rotatable bonds is 9. The fourth-order valence-electron chi connectivity index (χ4n) is 3.53. The van der Waals surface area contributed by atoms with Crippen molar-refractivity contribution in [3.05, 3.63) is 35.5 Å². The summed E-state index contributed by atoms with van der Waals surface area (Å²) in [6.45, 7) is 1.13. The van der Waals surface area contributed by atoms with Gasteiger partial charge >= 0.3 is 0 Å². The standard InChI is InChI=1S/C21H26N4O5S/c1-28-14-4-6-15(7-5-14)30-11-20(27)23-21-17-12-31-13-18(17)24-25(21)10-19(26)22-9-16-3-2-8-29-16/h4-7,16H,2-3,8-13H2,1H3,(H,22,26)(H,23,27). The van der Waals surface area contributed by atoms with Gasteiger partial charge in [0, 0.05) is 30.2 Å². The highest BCUT2D eigenvalue weighted by atomic mass is 32.2. The molecule has 0 spiro atoms. The Kier molecular flexibility index (Phi) is 6.98. The van der Waals surface area contributed by atoms with Crippen molar-refractivity contribution < 1.29 is 23.8 Å². The minimum atomic E-state index is -0.309. The Morgan fingerprint density at radius 1 is 1.23 bits per heavy atom. The molecule has 1 aromatic heterocycles. The Morgan fingerprint density at radius 3 is 2.77 bits per heavy atom. The molecule has 0 saturated carbocycles. The van der Waals surface area contributed by atoms with E-state index in [1.807, 2.05) is 0 Å². The number of nitrogens with one attached hydrogen (secondary N) is 2. The summed E-state index contributed by atoms with van der Waals surface area (Å²) in [4.78, 5) is 24.9. The van der Waals surface area contributed by atoms with E-state index >= 15 is 0 Å². The fraction of sp³-hybridized carbons (Fsp3) is 0.476. The monoisotopic (exact) mass is 446 g/mol. The molecule has 1 unspecified atom stereocenters. The van der Waals surface area contributed by atoms with Crippen molar-refractivity contribution in [2.75, 3.05) is 32.2 Å². The number of carbonyl (C=O) groups excluding carboxylic acids is 2. The maximum atomic E-state index is 12.5. The van der Waals surface area contributed by atoms with Gasteiger partial charge in [-0.25, -0.2) is 4.68 Å². The zero-order valence-electron chi connectivity index (χ0n) is 17.4. The summed E-state index contributed by atoms with van der Waals surface area (Å²) >= 11 is 1.73. The van der Waals surface area contributed by atoms with Gasteiger partial charge in [0.25, 0.3) is 5.91 Å². The molecule has 2 amide bonds. The van der Waals surface area contributed by atoms with Crippen molar-refractivity contribution in [2.24, 2.45) is 0 Å². The van der Waals surface area contributed by atoms with Gasteiger partial charge in [0.15, 0.2) is 6.61 Å². The lowest BCUT2D eigenvalue weighted by Crippen LogP contribution is -2.35. The Labute approximate surface area is 184 Å². The number of amides is 2. The zero-order chi connectivity index (χ0) is 21.6. The Morgan fingerprint density at radius 2 is 2.03 bits per heavy atom. The summed E-state index contributed by atoms with van der Waals surface area (Å²) in [5, 5.41) is 10.3. The minimum Gasteiger partial charge on any atom is -0.497 e. The summed E-state index contributed by atoms with van der Waals surface area (Å²) in [7, 11) is 1.59. The number of nitrogens with zero attached hydrogens (tertiary/aromatic N) is 2. The molecular weight excluding hydrogens is 420 g/mol. The lowest BCUT2D eigenvalue weighted by molar-refractivity contribution is -0.122. The molecule has 1 fully saturated rings. The van der Waals surface area contributed by atoms with Crippen LogP contribution in [0.3, 0.4) is 0 Å². The first-order valence-electron chi connectivity index (χ1n) is 10.2. The third kappa shape index (κ3) is 5.50. The number of anilines is 1. The van der Waals surface area contributed by atoms with Gasteiger partial charge in [-0.2, -0.15) is 16.9 Å². The number of aromatic nitrogens is 2. The highest BCUT2D eigenvalue weighted by Gasteiger charge is 2.25. The van der Waals surface area contributed by atoms with E-state index in [9.17, 15) is 9.59 Å². The molecule has 4 rings (SSSR count). The molecule has 9 nitrogen and oxygen atoms in total. The molecular formula is C21H26N4O5S. The van der Waals surface area contributed by atoms with Crippen LogP contribution in [0.15, 0.2) is 24.3 Å². The number of thioether (sulfide) groups is 1. The van der Waals surface area contributed by atoms with Gasteiger partial charge in [0.05, 0.1) is 18.9 Å². The quantitative estimate of drug-likeness (QED) is 0.607. The molecule has 1 atom stereocenters. The van der Waals surface area contributed by atoms with Crippen LogP contribution >= 0.6 is 11.8 Å². The van der Waals surface area contributed by atoms with E-state index in [0.29, 0.717) is 23.9 Å². The third-order valence-corrected chi connectivity index (χ3v) is 6.12. The predicted molar refractivity (Wildman–Crippen MR) is 116 cm³/mol. The second kappa shape index (κ2) is 10.1. The van der Waals surface area contributed by atoms with Gasteiger partial charge in [-0.3, -0.25) is 9.59 Å². The van der Waals surface area contributed by atoms with Gasteiger partial charge in [0.1, 0.15) is 23.9 Å². The van der Waals surface area contributed by atoms with Crippen molar-refractivity contribution in [3.63, 3.8) is 0 Å². The summed E-state index contributed by atoms with van der Waals surface area (Å²) in [5.41, 5.74) is 1.87. The van der Waals surface area contributed by atoms with Gasteiger partial charge in [0.2, 0.25) is 5.91 Å². The first kappa shape index (κ1) is 21.5. The van der Waals surface area contributed by atoms with Crippen LogP contribution < -0.4 is 20.1 Å². The number of hydrogen-bond acceptors (Lipinski definition) is 7. The molecule has 0 aliphatic carbocycles. The molecule has 0 bridgehead atoms. The van der Waals surface area contributed by atoms with Crippen LogP contribution in [0.1, 0.15) is 24.1 Å². The normalized spacial score (nSPS) is 17.3. The topological polar surface area (TPSA) is 104 Å². The molecule has 1 saturated heterocycles. The average Bonchev–Trinajstić information content (AvgIpc) is 3.51. The Balaban J connectivity index is 1.35. The van der Waals surface area contributed by atoms with Gasteiger partial charge in [-0.15, -0.1) is 0 Å². The number of carbonyl (C=O) groups is 2. The highest BCUT2D eigenvalue weighted by Crippen LogP contribution is 2.34. The van der Waals surface area contributed by atoms with E-state index in [2.05, 4.69) is 15.7 Å². The van der Waals surface area contributed by atoms with E-state index in [0.717, 1.165) is 42.2 Å². The van der Waals surface area contributed by atoms with Crippen molar-refractivity contribution in [3.8, 4) is 11.5 Å². The lowest BCUT2D eigenvalue weighted by atomic mass is 10.2. The van der Waals surface area contributed by atoms with Crippen LogP contribution in [0.25, 0.3) is 0 Å². The molecule has 31 heavy (non-hydrogen) atoms. The highest BCUT2D eigenvalue weighted by molar-refractivity contribution is 7.98. The number of benzene rings is 1. The van der Waals surface area contributed by atoms with Crippen molar-refractivity contribution >= 4 is 29.4 Å². The minimum absolute atomic E-state index is 0.0410. The number of hydrogen-bond donors (Lipinski definition) is 2. The lowest BCUT2D eigenvalue weighted by Gasteiger charge is -2.13. The molecule has 10 heteroatoms. The number of methoxy groups -OCH3 is 1. The van der Waals surface area contributed by atoms with E-state index in [-0.39, 0.29) is 31.1 Å². The maximum Gasteiger partial charge on any atom is 0.263 e. The van der Waals surface area contributed by atoms with Crippen LogP contribution in [-0.4, -0.2) is 54.6 Å². The largest absolute Gasteiger partial charge is 0.497 e. The molecule has 3 heterocycles. The molecule has 166 valence electrons. The smallest absolute Gasteiger partial charge is 0.263 e. The first-order chi connectivity index (χ1) is 15.1. The molecule has 0 radical (unpaired) electrons. The van der Waals surface area contributed by atoms with Crippen molar-refractivity contribution in [1.82, 2.24) is 15.1 Å². The molecule has 2 aliphatic heterocycles. The van der Waals surface area contributed by atoms with Gasteiger partial charge in [-0.1, -0.05) is 0 Å². The van der Waals surface area contributed by atoms with Crippen LogP contribution in [-0.2, 0) is 32.4 Å². The third-order valence-electron chi connectivity index (χ3n) is 5.15. The number of fused-ring (bicyclic) bond motifs is 1. The summed E-state index contributed by atoms with van der Waals surface area (Å²) in [6.07, 6.45) is 2.07. The Hall–Kier alpha value is -2.72. The van der Waals surface area contributed by atoms with Gasteiger partial charge < -0.3 is 24.8 Å². The second-order valence-electron chi connectivity index (χ2n) is 7.38. The van der Waals surface area contributed by atoms with Gasteiger partial charge in [-0.05, 0) is 37.1 Å². The van der Waals surface area contributed by atoms with Crippen molar-refractivity contribution in [2.45, 2.75) is 37.0 Å². The molecule has 2 aromatic rings. The van der Waals surface area contributed by atoms with E-state index < -0.39 is 0 Å². The maximum absolute atomic E-state index is 12.5. The molecule has 2 aliphatic rings. The number of ether oxygens (including phenoxy) is 3. The second-order valence-corrected chi connectivity index (χ2v) is 8.36. The van der Waals surface area contributed by atoms with Crippen LogP contribution in [0.5, 0.6) is 11.5 Å². The van der Waals surface area contributed by atoms with E-state index in [1.54, 1.807) is 47.8 Å². The van der Waals surface area contributed by atoms with E-state index in [1.165, 1.54) is 0 Å².